The molecule has 2 rings (SSSR count). The Hall–Kier alpha value is -1.85. The summed E-state index contributed by atoms with van der Waals surface area (Å²) in [6.07, 6.45) is 4.27. The Kier molecular flexibility index (Phi) is 4.07. The number of nitrogens with one attached hydrogen (secondary N) is 1. The van der Waals surface area contributed by atoms with E-state index < -0.39 is 11.6 Å². The van der Waals surface area contributed by atoms with Gasteiger partial charge in [0.15, 0.2) is 0 Å². The van der Waals surface area contributed by atoms with Crippen molar-refractivity contribution >= 4 is 11.8 Å². The van der Waals surface area contributed by atoms with Crippen LogP contribution >= 0.6 is 0 Å². The lowest BCUT2D eigenvalue weighted by Crippen LogP contribution is -2.67. The first-order valence-electron chi connectivity index (χ1n) is 7.31. The van der Waals surface area contributed by atoms with Crippen molar-refractivity contribution in [3.05, 3.63) is 18.0 Å². The smallest absolute Gasteiger partial charge is 0.248 e. The van der Waals surface area contributed by atoms with Crippen LogP contribution in [0.5, 0.6) is 0 Å². The molecule has 1 aromatic heterocycles. The van der Waals surface area contributed by atoms with Gasteiger partial charge in [-0.3, -0.25) is 14.3 Å². The molecule has 1 unspecified atom stereocenters. The van der Waals surface area contributed by atoms with Crippen molar-refractivity contribution in [2.24, 2.45) is 13.0 Å². The lowest BCUT2D eigenvalue weighted by atomic mass is 9.92. The maximum absolute atomic E-state index is 12.7. The SMILES string of the molecule is CC(C)CC1C(=O)NC(C)(C)C(=O)N1Cc1cnn(C)c1. The third kappa shape index (κ3) is 3.25. The van der Waals surface area contributed by atoms with E-state index >= 15 is 0 Å². The Morgan fingerprint density at radius 2 is 2.05 bits per heavy atom. The second kappa shape index (κ2) is 5.50. The number of hydrogen-bond acceptors (Lipinski definition) is 3. The maximum Gasteiger partial charge on any atom is 0.248 e. The van der Waals surface area contributed by atoms with Crippen molar-refractivity contribution < 1.29 is 9.59 Å². The standard InChI is InChI=1S/C15H24N4O2/c1-10(2)6-12-13(20)17-15(3,4)14(21)19(12)9-11-7-16-18(5)8-11/h7-8,10,12H,6,9H2,1-5H3,(H,17,20). The van der Waals surface area contributed by atoms with Gasteiger partial charge < -0.3 is 10.2 Å². The zero-order valence-electron chi connectivity index (χ0n) is 13.4. The van der Waals surface area contributed by atoms with Gasteiger partial charge in [0.2, 0.25) is 11.8 Å². The largest absolute Gasteiger partial charge is 0.340 e. The molecule has 1 N–H and O–H groups in total. The highest BCUT2D eigenvalue weighted by molar-refractivity contribution is 5.99. The summed E-state index contributed by atoms with van der Waals surface area (Å²) < 4.78 is 1.70. The molecule has 1 aliphatic heterocycles. The minimum Gasteiger partial charge on any atom is -0.340 e. The molecule has 0 aliphatic carbocycles. The summed E-state index contributed by atoms with van der Waals surface area (Å²) >= 11 is 0. The van der Waals surface area contributed by atoms with Gasteiger partial charge in [0.25, 0.3) is 0 Å². The van der Waals surface area contributed by atoms with E-state index in [2.05, 4.69) is 24.3 Å². The molecule has 2 heterocycles. The van der Waals surface area contributed by atoms with Crippen molar-refractivity contribution in [1.29, 1.82) is 0 Å². The maximum atomic E-state index is 12.7. The number of nitrogens with zero attached hydrogens (tertiary/aromatic N) is 3. The molecule has 1 aromatic rings. The minimum absolute atomic E-state index is 0.0448. The molecular formula is C15H24N4O2. The highest BCUT2D eigenvalue weighted by Crippen LogP contribution is 2.24. The van der Waals surface area contributed by atoms with Gasteiger partial charge in [0.1, 0.15) is 11.6 Å². The van der Waals surface area contributed by atoms with Gasteiger partial charge in [-0.05, 0) is 26.2 Å². The second-order valence-electron chi connectivity index (χ2n) is 6.71. The number of rotatable bonds is 4. The Bertz CT molecular complexity index is 548. The first-order chi connectivity index (χ1) is 9.70. The summed E-state index contributed by atoms with van der Waals surface area (Å²) in [6.45, 7) is 8.02. The zero-order chi connectivity index (χ0) is 15.8. The Morgan fingerprint density at radius 1 is 1.38 bits per heavy atom. The molecule has 0 spiro atoms. The van der Waals surface area contributed by atoms with E-state index in [0.29, 0.717) is 18.9 Å². The molecule has 1 aliphatic rings. The summed E-state index contributed by atoms with van der Waals surface area (Å²) in [7, 11) is 1.84. The highest BCUT2D eigenvalue weighted by atomic mass is 16.2. The van der Waals surface area contributed by atoms with E-state index in [9.17, 15) is 9.59 Å². The van der Waals surface area contributed by atoms with E-state index in [0.717, 1.165) is 5.56 Å². The molecule has 6 nitrogen and oxygen atoms in total. The first kappa shape index (κ1) is 15.5. The fraction of sp³-hybridized carbons (Fsp3) is 0.667. The Morgan fingerprint density at radius 3 is 2.57 bits per heavy atom. The topological polar surface area (TPSA) is 67.2 Å². The van der Waals surface area contributed by atoms with Gasteiger partial charge in [-0.25, -0.2) is 0 Å². The predicted molar refractivity (Wildman–Crippen MR) is 79.2 cm³/mol. The normalized spacial score (nSPS) is 21.8. The van der Waals surface area contributed by atoms with Crippen LogP contribution in [0, 0.1) is 5.92 Å². The summed E-state index contributed by atoms with van der Waals surface area (Å²) in [5.74, 6) is 0.222. The number of carbonyl (C=O) groups is 2. The molecule has 0 aromatic carbocycles. The molecular weight excluding hydrogens is 268 g/mol. The van der Waals surface area contributed by atoms with E-state index in [-0.39, 0.29) is 11.8 Å². The van der Waals surface area contributed by atoms with Crippen LogP contribution in [0.4, 0.5) is 0 Å². The summed E-state index contributed by atoms with van der Waals surface area (Å²) in [6, 6.07) is -0.411. The molecule has 1 atom stereocenters. The molecule has 0 saturated carbocycles. The molecule has 0 radical (unpaired) electrons. The van der Waals surface area contributed by atoms with Gasteiger partial charge in [0.05, 0.1) is 6.20 Å². The number of amides is 2. The molecule has 6 heteroatoms. The van der Waals surface area contributed by atoms with Crippen LogP contribution in [0.15, 0.2) is 12.4 Å². The van der Waals surface area contributed by atoms with Crippen LogP contribution in [-0.2, 0) is 23.2 Å². The van der Waals surface area contributed by atoms with E-state index in [1.54, 1.807) is 29.6 Å². The van der Waals surface area contributed by atoms with E-state index in [1.165, 1.54) is 0 Å². The summed E-state index contributed by atoms with van der Waals surface area (Å²) in [4.78, 5) is 26.7. The average Bonchev–Trinajstić information content (AvgIpc) is 2.76. The molecule has 1 saturated heterocycles. The number of carbonyl (C=O) groups excluding carboxylic acids is 2. The van der Waals surface area contributed by atoms with Crippen molar-refractivity contribution in [2.75, 3.05) is 0 Å². The lowest BCUT2D eigenvalue weighted by molar-refractivity contribution is -0.154. The van der Waals surface area contributed by atoms with Crippen LogP contribution in [0.1, 0.15) is 39.7 Å². The molecule has 116 valence electrons. The van der Waals surface area contributed by atoms with Gasteiger partial charge in [-0.2, -0.15) is 5.10 Å². The molecule has 1 fully saturated rings. The summed E-state index contributed by atoms with van der Waals surface area (Å²) in [5, 5.41) is 6.96. The van der Waals surface area contributed by atoms with Crippen LogP contribution < -0.4 is 5.32 Å². The average molecular weight is 292 g/mol. The number of aryl methyl sites for hydroxylation is 1. The zero-order valence-corrected chi connectivity index (χ0v) is 13.4. The van der Waals surface area contributed by atoms with Gasteiger partial charge in [-0.15, -0.1) is 0 Å². The van der Waals surface area contributed by atoms with Gasteiger partial charge in [0, 0.05) is 25.4 Å². The minimum atomic E-state index is -0.854. The van der Waals surface area contributed by atoms with Crippen molar-refractivity contribution in [2.45, 2.75) is 52.2 Å². The third-order valence-corrected chi connectivity index (χ3v) is 3.72. The van der Waals surface area contributed by atoms with Crippen LogP contribution in [-0.4, -0.2) is 38.1 Å². The molecule has 0 bridgehead atoms. The third-order valence-electron chi connectivity index (χ3n) is 3.72. The Labute approximate surface area is 125 Å². The number of hydrogen-bond donors (Lipinski definition) is 1. The van der Waals surface area contributed by atoms with Gasteiger partial charge >= 0.3 is 0 Å². The quantitative estimate of drug-likeness (QED) is 0.902. The predicted octanol–water partition coefficient (Wildman–Crippen LogP) is 1.07. The fourth-order valence-electron chi connectivity index (χ4n) is 2.70. The monoisotopic (exact) mass is 292 g/mol. The molecule has 2 amide bonds. The fourth-order valence-corrected chi connectivity index (χ4v) is 2.70. The Balaban J connectivity index is 2.28. The van der Waals surface area contributed by atoms with Crippen LogP contribution in [0.3, 0.4) is 0 Å². The van der Waals surface area contributed by atoms with Crippen LogP contribution in [0.25, 0.3) is 0 Å². The number of aromatic nitrogens is 2. The first-order valence-corrected chi connectivity index (χ1v) is 7.31. The van der Waals surface area contributed by atoms with Gasteiger partial charge in [-0.1, -0.05) is 13.8 Å². The van der Waals surface area contributed by atoms with Crippen molar-refractivity contribution in [3.8, 4) is 0 Å². The van der Waals surface area contributed by atoms with Crippen molar-refractivity contribution in [3.63, 3.8) is 0 Å². The lowest BCUT2D eigenvalue weighted by Gasteiger charge is -2.43. The number of piperazine rings is 1. The second-order valence-corrected chi connectivity index (χ2v) is 6.71. The van der Waals surface area contributed by atoms with E-state index in [4.69, 9.17) is 0 Å². The highest BCUT2D eigenvalue weighted by Gasteiger charge is 2.45. The summed E-state index contributed by atoms with van der Waals surface area (Å²) in [5.41, 5.74) is 0.0809. The van der Waals surface area contributed by atoms with E-state index in [1.807, 2.05) is 13.2 Å². The molecule has 21 heavy (non-hydrogen) atoms. The van der Waals surface area contributed by atoms with Crippen LogP contribution in [0.2, 0.25) is 0 Å². The van der Waals surface area contributed by atoms with Crippen molar-refractivity contribution in [1.82, 2.24) is 20.0 Å².